The number of phenols is 2. The second-order valence-corrected chi connectivity index (χ2v) is 15.3. The van der Waals surface area contributed by atoms with Crippen LogP contribution in [0.2, 0.25) is 0 Å². The van der Waals surface area contributed by atoms with Crippen molar-refractivity contribution in [2.24, 2.45) is 5.92 Å². The highest BCUT2D eigenvalue weighted by atomic mass is 16.6. The molecule has 0 radical (unpaired) electrons. The predicted octanol–water partition coefficient (Wildman–Crippen LogP) is 6.12. The van der Waals surface area contributed by atoms with Gasteiger partial charge in [0.05, 0.1) is 17.7 Å². The standard InChI is InChI=1S/C45H49BN8O8/c1-6-50-45(59)42(48)54(41(47)33-23-32(27(4)5)36(55)24-37(33)56)29-12-14-30(15-13-29)60-31-16-17-38-39(22-31)62-46(61-38)40(20-26(2)3)53-43(57)34(21-28-10-8-7-9-11-28)52-44(58)35-25-49-18-19-51-35/h7-19,22-27,34,40,47-48,55-56H,6,20-21H2,1-5H3,(H,50,59)(H,52,58)(H,53,57)/t34-,40-/m0/s1. The second-order valence-electron chi connectivity index (χ2n) is 15.3. The summed E-state index contributed by atoms with van der Waals surface area (Å²) in [6, 6.07) is 22.4. The lowest BCUT2D eigenvalue weighted by atomic mass is 9.74. The zero-order chi connectivity index (χ0) is 44.5. The van der Waals surface area contributed by atoms with E-state index in [0.717, 1.165) is 16.5 Å². The molecular formula is C45H49BN8O8. The van der Waals surface area contributed by atoms with E-state index in [4.69, 9.17) is 24.9 Å². The minimum Gasteiger partial charge on any atom is -0.522 e. The van der Waals surface area contributed by atoms with E-state index in [1.165, 1.54) is 24.7 Å². The Morgan fingerprint density at radius 2 is 1.56 bits per heavy atom. The first-order chi connectivity index (χ1) is 29.7. The number of phenolic OH excluding ortho intramolecular Hbond substituents is 2. The number of rotatable bonds is 15. The van der Waals surface area contributed by atoms with Crippen LogP contribution in [0.25, 0.3) is 0 Å². The number of amides is 3. The van der Waals surface area contributed by atoms with Crippen molar-refractivity contribution >= 4 is 42.2 Å². The number of carbonyl (C=O) groups excluding carboxylic acids is 3. The molecule has 320 valence electrons. The van der Waals surface area contributed by atoms with Crippen LogP contribution in [0.4, 0.5) is 5.69 Å². The van der Waals surface area contributed by atoms with Crippen molar-refractivity contribution < 1.29 is 38.6 Å². The summed E-state index contributed by atoms with van der Waals surface area (Å²) in [6.45, 7) is 9.70. The Hall–Kier alpha value is -7.43. The van der Waals surface area contributed by atoms with Crippen molar-refractivity contribution in [3.05, 3.63) is 126 Å². The number of nitrogens with one attached hydrogen (secondary N) is 5. The topological polar surface area (TPSA) is 232 Å². The number of nitrogens with zero attached hydrogens (tertiary/aromatic N) is 3. The van der Waals surface area contributed by atoms with E-state index in [1.54, 1.807) is 49.4 Å². The molecule has 3 amide bonds. The third kappa shape index (κ3) is 10.7. The molecule has 0 unspecified atom stereocenters. The highest BCUT2D eigenvalue weighted by Gasteiger charge is 2.42. The number of amidine groups is 2. The second kappa shape index (κ2) is 19.8. The number of carbonyl (C=O) groups is 3. The number of benzene rings is 4. The molecule has 0 fully saturated rings. The largest absolute Gasteiger partial charge is 0.618 e. The summed E-state index contributed by atoms with van der Waals surface area (Å²) >= 11 is 0. The van der Waals surface area contributed by atoms with Crippen LogP contribution in [-0.4, -0.2) is 75.2 Å². The van der Waals surface area contributed by atoms with Crippen LogP contribution in [0.15, 0.2) is 104 Å². The van der Waals surface area contributed by atoms with E-state index >= 15 is 0 Å². The van der Waals surface area contributed by atoms with Crippen LogP contribution in [0.1, 0.15) is 74.1 Å². The van der Waals surface area contributed by atoms with Crippen molar-refractivity contribution in [3.63, 3.8) is 0 Å². The van der Waals surface area contributed by atoms with Gasteiger partial charge in [0.25, 0.3) is 11.8 Å². The van der Waals surface area contributed by atoms with Gasteiger partial charge in [-0.1, -0.05) is 58.0 Å². The number of fused-ring (bicyclic) bond motifs is 1. The SMILES string of the molecule is CCNC(=O)C(=N)N(C(=N)c1cc(C(C)C)c(O)cc1O)c1ccc(Oc2ccc3c(c2)OB([C@H](CC(C)C)NC(=O)[C@H](Cc2ccccc2)NC(=O)c2cnccn2)O3)cc1. The number of ether oxygens (including phenoxy) is 1. The molecule has 0 bridgehead atoms. The molecule has 1 aliphatic rings. The lowest BCUT2D eigenvalue weighted by molar-refractivity contribution is -0.123. The Labute approximate surface area is 359 Å². The summed E-state index contributed by atoms with van der Waals surface area (Å²) < 4.78 is 18.6. The Bertz CT molecular complexity index is 2420. The summed E-state index contributed by atoms with van der Waals surface area (Å²) in [4.78, 5) is 49.1. The Morgan fingerprint density at radius 3 is 2.23 bits per heavy atom. The maximum Gasteiger partial charge on any atom is 0.618 e. The Balaban J connectivity index is 1.18. The highest BCUT2D eigenvalue weighted by Crippen LogP contribution is 2.39. The van der Waals surface area contributed by atoms with Gasteiger partial charge in [0, 0.05) is 43.2 Å². The van der Waals surface area contributed by atoms with Crippen LogP contribution in [0, 0.1) is 16.7 Å². The highest BCUT2D eigenvalue weighted by molar-refractivity contribution is 6.50. The van der Waals surface area contributed by atoms with Crippen LogP contribution >= 0.6 is 0 Å². The maximum absolute atomic E-state index is 14.0. The number of aromatic hydroxyl groups is 2. The smallest absolute Gasteiger partial charge is 0.522 e. The number of aromatic nitrogens is 2. The third-order valence-electron chi connectivity index (χ3n) is 9.84. The number of likely N-dealkylation sites (N-methyl/N-ethyl adjacent to an activating group) is 1. The van der Waals surface area contributed by atoms with Gasteiger partial charge in [0.15, 0.2) is 5.84 Å². The van der Waals surface area contributed by atoms with Crippen LogP contribution in [0.5, 0.6) is 34.5 Å². The first-order valence-corrected chi connectivity index (χ1v) is 20.2. The van der Waals surface area contributed by atoms with Gasteiger partial charge in [0.2, 0.25) is 5.91 Å². The monoisotopic (exact) mass is 840 g/mol. The summed E-state index contributed by atoms with van der Waals surface area (Å²) in [5.74, 6) is -2.14. The molecule has 6 rings (SSSR count). The predicted molar refractivity (Wildman–Crippen MR) is 234 cm³/mol. The van der Waals surface area contributed by atoms with Gasteiger partial charge >= 0.3 is 7.12 Å². The lowest BCUT2D eigenvalue weighted by Crippen LogP contribution is -2.57. The molecule has 62 heavy (non-hydrogen) atoms. The summed E-state index contributed by atoms with van der Waals surface area (Å²) in [5.41, 5.74) is 1.70. The van der Waals surface area contributed by atoms with E-state index in [9.17, 15) is 24.6 Å². The Morgan fingerprint density at radius 1 is 0.855 bits per heavy atom. The van der Waals surface area contributed by atoms with E-state index in [2.05, 4.69) is 25.9 Å². The molecule has 0 spiro atoms. The fourth-order valence-electron chi connectivity index (χ4n) is 6.80. The molecular weight excluding hydrogens is 791 g/mol. The normalized spacial score (nSPS) is 12.7. The van der Waals surface area contributed by atoms with Crippen molar-refractivity contribution in [1.82, 2.24) is 25.9 Å². The van der Waals surface area contributed by atoms with E-state index in [1.807, 2.05) is 58.0 Å². The van der Waals surface area contributed by atoms with Gasteiger partial charge in [-0.25, -0.2) is 4.98 Å². The summed E-state index contributed by atoms with van der Waals surface area (Å²) in [7, 11) is -0.898. The van der Waals surface area contributed by atoms with Crippen LogP contribution < -0.4 is 34.9 Å². The molecule has 2 heterocycles. The zero-order valence-corrected chi connectivity index (χ0v) is 35.0. The molecule has 0 aliphatic carbocycles. The van der Waals surface area contributed by atoms with Gasteiger partial charge < -0.3 is 40.2 Å². The molecule has 0 saturated carbocycles. The van der Waals surface area contributed by atoms with Crippen molar-refractivity contribution in [2.75, 3.05) is 11.4 Å². The maximum atomic E-state index is 14.0. The minimum absolute atomic E-state index is 0.0203. The van der Waals surface area contributed by atoms with Crippen molar-refractivity contribution in [2.45, 2.75) is 65.4 Å². The average Bonchev–Trinajstić information content (AvgIpc) is 3.68. The van der Waals surface area contributed by atoms with E-state index < -0.39 is 42.7 Å². The van der Waals surface area contributed by atoms with Gasteiger partial charge in [-0.2, -0.15) is 0 Å². The summed E-state index contributed by atoms with van der Waals surface area (Å²) in [6.07, 6.45) is 4.91. The third-order valence-corrected chi connectivity index (χ3v) is 9.84. The van der Waals surface area contributed by atoms with E-state index in [0.29, 0.717) is 35.0 Å². The van der Waals surface area contributed by atoms with Gasteiger partial charge in [-0.15, -0.1) is 0 Å². The fraction of sp³-hybridized carbons (Fsp3) is 0.267. The molecule has 4 aromatic carbocycles. The van der Waals surface area contributed by atoms with Gasteiger partial charge in [-0.3, -0.25) is 35.1 Å². The molecule has 0 saturated heterocycles. The van der Waals surface area contributed by atoms with Crippen LogP contribution in [-0.2, 0) is 16.0 Å². The summed E-state index contributed by atoms with van der Waals surface area (Å²) in [5, 5.41) is 47.4. The molecule has 16 nitrogen and oxygen atoms in total. The molecule has 1 aliphatic heterocycles. The molecule has 2 atom stereocenters. The number of hydrogen-bond acceptors (Lipinski definition) is 12. The first kappa shape index (κ1) is 44.1. The fourth-order valence-corrected chi connectivity index (χ4v) is 6.80. The van der Waals surface area contributed by atoms with E-state index in [-0.39, 0.29) is 59.1 Å². The first-order valence-electron chi connectivity index (χ1n) is 20.2. The number of hydrogen-bond donors (Lipinski definition) is 7. The van der Waals surface area contributed by atoms with Crippen LogP contribution in [0.3, 0.4) is 0 Å². The Kier molecular flexibility index (Phi) is 14.1. The van der Waals surface area contributed by atoms with Crippen molar-refractivity contribution in [1.29, 1.82) is 10.8 Å². The van der Waals surface area contributed by atoms with Gasteiger partial charge in [0.1, 0.15) is 52.1 Å². The molecule has 5 aromatic rings. The quantitative estimate of drug-likeness (QED) is 0.0361. The van der Waals surface area contributed by atoms with Gasteiger partial charge in [-0.05, 0) is 78.8 Å². The lowest BCUT2D eigenvalue weighted by Gasteiger charge is -2.26. The minimum atomic E-state index is -0.953. The number of anilines is 1. The molecule has 7 N–H and O–H groups in total. The molecule has 1 aromatic heterocycles. The zero-order valence-electron chi connectivity index (χ0n) is 35.0. The average molecular weight is 841 g/mol. The van der Waals surface area contributed by atoms with Crippen molar-refractivity contribution in [3.8, 4) is 34.5 Å². The molecule has 17 heteroatoms.